The van der Waals surface area contributed by atoms with Crippen molar-refractivity contribution in [3.05, 3.63) is 136 Å². The summed E-state index contributed by atoms with van der Waals surface area (Å²) in [7, 11) is 1.90. The van der Waals surface area contributed by atoms with Crippen molar-refractivity contribution in [3.8, 4) is 40.2 Å². The van der Waals surface area contributed by atoms with Crippen molar-refractivity contribution in [1.29, 1.82) is 0 Å². The van der Waals surface area contributed by atoms with E-state index in [1.807, 2.05) is 36.4 Å². The summed E-state index contributed by atoms with van der Waals surface area (Å²) in [6.07, 6.45) is 15.5. The van der Waals surface area contributed by atoms with E-state index < -0.39 is 34.7 Å². The van der Waals surface area contributed by atoms with Crippen LogP contribution in [0.1, 0.15) is 63.0 Å². The number of halogens is 1. The molecular formula is C58H65ClN3NaO16S. The molecule has 0 unspecified atom stereocenters. The Morgan fingerprint density at radius 3 is 1.10 bits per heavy atom. The average Bonchev–Trinajstić information content (AvgIpc) is 3.17. The van der Waals surface area contributed by atoms with Crippen LogP contribution in [0.4, 0.5) is 0 Å². The zero-order chi connectivity index (χ0) is 55.1. The number of rotatable bonds is 1. The third-order valence-corrected chi connectivity index (χ3v) is 19.6. The monoisotopic (exact) mass is 1150 g/mol. The van der Waals surface area contributed by atoms with Gasteiger partial charge in [0.15, 0.2) is 34.5 Å². The maximum absolute atomic E-state index is 10.4. The minimum Gasteiger partial charge on any atom is -0.545 e. The number of piperidine rings is 3. The number of likely N-dealkylation sites (N-methyl/N-ethyl adjacent to an activating group) is 3. The van der Waals surface area contributed by atoms with Gasteiger partial charge < -0.3 is 74.6 Å². The maximum atomic E-state index is 10.4. The first-order chi connectivity index (χ1) is 37.1. The number of likely N-dealkylation sites (tertiary alicyclic amines) is 3. The van der Waals surface area contributed by atoms with Crippen LogP contribution in [-0.4, -0.2) is 169 Å². The Labute approximate surface area is 491 Å². The van der Waals surface area contributed by atoms with Crippen molar-refractivity contribution in [2.75, 3.05) is 40.8 Å². The number of hydrogen-bond donors (Lipinski definition) is 9. The number of carboxylic acids is 1. The Kier molecular flexibility index (Phi) is 15.3. The number of carbonyl (C=O) groups excluding carboxylic acids is 1. The zero-order valence-corrected chi connectivity index (χ0v) is 48.2. The minimum atomic E-state index is -4.67. The number of benzene rings is 4. The summed E-state index contributed by atoms with van der Waals surface area (Å²) in [4.78, 5) is 17.5. The van der Waals surface area contributed by atoms with E-state index >= 15 is 0 Å². The van der Waals surface area contributed by atoms with E-state index in [0.29, 0.717) is 53.1 Å². The fourth-order valence-corrected chi connectivity index (χ4v) is 16.4. The van der Waals surface area contributed by atoms with Gasteiger partial charge in [-0.05, 0) is 126 Å². The second kappa shape index (κ2) is 21.1. The maximum Gasteiger partial charge on any atom is 1.00 e. The van der Waals surface area contributed by atoms with Gasteiger partial charge in [-0.25, -0.2) is 0 Å². The number of aromatic hydroxyl groups is 4. The van der Waals surface area contributed by atoms with E-state index in [0.717, 1.165) is 58.2 Å². The van der Waals surface area contributed by atoms with Crippen LogP contribution in [-0.2, 0) is 45.9 Å². The number of para-hydroxylation sites is 1. The van der Waals surface area contributed by atoms with Gasteiger partial charge >= 0.3 is 40.0 Å². The van der Waals surface area contributed by atoms with Gasteiger partial charge in [0.1, 0.15) is 42.4 Å². The molecule has 3 spiro atoms. The number of aliphatic hydroxyl groups excluding tert-OH is 3. The second-order valence-electron chi connectivity index (χ2n) is 23.0. The molecule has 19 nitrogen and oxygen atoms in total. The molecule has 0 aromatic heterocycles. The molecule has 4 aromatic rings. The van der Waals surface area contributed by atoms with E-state index in [2.05, 4.69) is 54.1 Å². The molecule has 6 heterocycles. The molecule has 6 aliphatic carbocycles. The van der Waals surface area contributed by atoms with E-state index in [9.17, 15) is 40.5 Å². The summed E-state index contributed by atoms with van der Waals surface area (Å²) < 4.78 is 49.8. The SMILES string of the molecule is CN1CC[C@]23c4c5ccc(O)c4O[C@H]2[C@@H](O)C=C[C@H]3[C@H]1C5.CN1CC[C@]23c4c5ccc(O)c4O[C@H]2[C@@H](O)C=C[C@H]3[C@H]1C5.CN1CC[C@]23c4c5ccc(O)c4O[C@H]2[C@@H](O)C=C[C@H]3[C@H]1C5.Cl.O=C([O-])c1ccccc1O.O=S(=O)(O)O.[Na+]. The molecule has 6 bridgehead atoms. The number of hydrogen-bond acceptors (Lipinski definition) is 17. The number of carbonyl (C=O) groups is 1. The standard InChI is InChI=1S/3C17H19NO3.C7H6O3.ClH.Na.H2O4S/c3*1-18-7-6-17-10-3-5-13(20)16(17)21-15-12(19)4-2-9(14(15)17)8-11(10)18;8-6-4-2-1-3-5(6)7(9)10;;;1-5(2,3)4/h3*2-5,10-11,13,16,19-20H,6-8H2,1H3;1-4,8H,(H,9,10);1H;;(H2,1,2,3,4)/q;;;;;+1;/p-1/t3*10-,11+,13-,16-,17-;;;;/m000..../s1. The van der Waals surface area contributed by atoms with Gasteiger partial charge in [-0.3, -0.25) is 9.11 Å². The van der Waals surface area contributed by atoms with Crippen LogP contribution in [0, 0.1) is 17.8 Å². The van der Waals surface area contributed by atoms with E-state index in [1.54, 1.807) is 24.3 Å². The Hall–Kier alpha value is -4.91. The number of ether oxygens (including phenoxy) is 3. The molecule has 422 valence electrons. The molecule has 0 saturated carbocycles. The van der Waals surface area contributed by atoms with Crippen molar-refractivity contribution < 1.29 is 107 Å². The van der Waals surface area contributed by atoms with Gasteiger partial charge in [-0.1, -0.05) is 66.8 Å². The fraction of sp³-hybridized carbons (Fsp3) is 0.466. The fourth-order valence-electron chi connectivity index (χ4n) is 16.4. The van der Waals surface area contributed by atoms with Crippen LogP contribution in [0.15, 0.2) is 97.1 Å². The van der Waals surface area contributed by atoms with Crippen LogP contribution < -0.4 is 48.9 Å². The Morgan fingerprint density at radius 1 is 0.525 bits per heavy atom. The largest absolute Gasteiger partial charge is 1.00 e. The molecule has 3 saturated heterocycles. The van der Waals surface area contributed by atoms with Crippen LogP contribution >= 0.6 is 12.4 Å². The summed E-state index contributed by atoms with van der Waals surface area (Å²) in [5, 5.41) is 81.0. The third-order valence-electron chi connectivity index (χ3n) is 19.6. The molecule has 0 radical (unpaired) electrons. The van der Waals surface area contributed by atoms with Gasteiger partial charge in [0.25, 0.3) is 0 Å². The van der Waals surface area contributed by atoms with E-state index in [-0.39, 0.29) is 105 Å². The van der Waals surface area contributed by atoms with Crippen molar-refractivity contribution in [2.24, 2.45) is 17.8 Å². The molecule has 12 aliphatic rings. The van der Waals surface area contributed by atoms with Gasteiger partial charge in [0, 0.05) is 74.4 Å². The van der Waals surface area contributed by atoms with Gasteiger partial charge in [-0.15, -0.1) is 12.4 Å². The summed E-state index contributed by atoms with van der Waals surface area (Å²) in [5.41, 5.74) is 6.69. The van der Waals surface area contributed by atoms with Crippen molar-refractivity contribution in [2.45, 2.75) is 110 Å². The molecule has 4 aromatic carbocycles. The van der Waals surface area contributed by atoms with Crippen LogP contribution in [0.3, 0.4) is 0 Å². The molecular weight excluding hydrogens is 1090 g/mol. The number of aliphatic hydroxyl groups is 3. The quantitative estimate of drug-likeness (QED) is 0.0695. The first-order valence-electron chi connectivity index (χ1n) is 26.5. The molecule has 9 N–H and O–H groups in total. The number of nitrogens with zero attached hydrogens (tertiary/aromatic N) is 3. The average molecular weight is 1150 g/mol. The van der Waals surface area contributed by atoms with Gasteiger partial charge in [0.2, 0.25) is 0 Å². The van der Waals surface area contributed by atoms with Crippen LogP contribution in [0.25, 0.3) is 0 Å². The van der Waals surface area contributed by atoms with Gasteiger partial charge in [0.05, 0.1) is 5.97 Å². The third kappa shape index (κ3) is 8.77. The van der Waals surface area contributed by atoms with Crippen LogP contribution in [0.5, 0.6) is 40.2 Å². The predicted octanol–water partition coefficient (Wildman–Crippen LogP) is 0.123. The van der Waals surface area contributed by atoms with E-state index in [4.69, 9.17) is 36.8 Å². The molecule has 3 fully saturated rings. The number of carboxylic acid groups (broad SMARTS) is 1. The molecule has 0 amide bonds. The summed E-state index contributed by atoms with van der Waals surface area (Å²) in [6, 6.07) is 18.3. The summed E-state index contributed by atoms with van der Waals surface area (Å²) in [5.74, 6) is 1.94. The summed E-state index contributed by atoms with van der Waals surface area (Å²) in [6.45, 7) is 3.03. The Morgan fingerprint density at radius 2 is 0.825 bits per heavy atom. The predicted molar refractivity (Wildman–Crippen MR) is 287 cm³/mol. The molecule has 22 heteroatoms. The van der Waals surface area contributed by atoms with E-state index in [1.165, 1.54) is 51.6 Å². The molecule has 15 atom stereocenters. The normalized spacial score (nSPS) is 35.4. The van der Waals surface area contributed by atoms with Crippen molar-refractivity contribution >= 4 is 28.8 Å². The first kappa shape index (κ1) is 58.3. The van der Waals surface area contributed by atoms with Crippen molar-refractivity contribution in [3.63, 3.8) is 0 Å². The minimum absolute atomic E-state index is 0. The molecule has 80 heavy (non-hydrogen) atoms. The zero-order valence-electron chi connectivity index (χ0n) is 44.6. The molecule has 6 aliphatic heterocycles. The Bertz CT molecular complexity index is 3050. The number of phenols is 4. The number of aromatic carboxylic acids is 1. The first-order valence-corrected chi connectivity index (χ1v) is 27.9. The Balaban J connectivity index is 0.000000119. The topological polar surface area (TPSA) is 294 Å². The second-order valence-corrected chi connectivity index (χ2v) is 23.9. The summed E-state index contributed by atoms with van der Waals surface area (Å²) >= 11 is 0. The smallest absolute Gasteiger partial charge is 0.545 e. The van der Waals surface area contributed by atoms with Crippen molar-refractivity contribution in [1.82, 2.24) is 14.7 Å². The van der Waals surface area contributed by atoms with Gasteiger partial charge in [-0.2, -0.15) is 8.42 Å². The number of phenolic OH excluding ortho intramolecular Hbond substituents is 3. The molecule has 16 rings (SSSR count). The van der Waals surface area contributed by atoms with Crippen LogP contribution in [0.2, 0.25) is 0 Å².